The lowest BCUT2D eigenvalue weighted by Crippen LogP contribution is -2.42. The average Bonchev–Trinajstić information content (AvgIpc) is 2.26. The van der Waals surface area contributed by atoms with E-state index in [-0.39, 0.29) is 18.5 Å². The first-order valence-corrected chi connectivity index (χ1v) is 6.22. The van der Waals surface area contributed by atoms with Gasteiger partial charge in [-0.15, -0.1) is 0 Å². The molecule has 1 heterocycles. The van der Waals surface area contributed by atoms with Gasteiger partial charge in [0, 0.05) is 12.5 Å². The highest BCUT2D eigenvalue weighted by Crippen LogP contribution is 2.17. The van der Waals surface area contributed by atoms with Gasteiger partial charge in [-0.2, -0.15) is 0 Å². The standard InChI is InChI=1S/C12H22N2O3/c1-9(2)14(8-12(16)17)11(15)7-10-3-5-13-6-4-10/h9-10,13H,3-8H2,1-2H3,(H,16,17). The summed E-state index contributed by atoms with van der Waals surface area (Å²) in [7, 11) is 0. The lowest BCUT2D eigenvalue weighted by molar-refractivity contribution is -0.146. The van der Waals surface area contributed by atoms with Crippen LogP contribution in [0.4, 0.5) is 0 Å². The number of carbonyl (C=O) groups is 2. The Hall–Kier alpha value is -1.10. The van der Waals surface area contributed by atoms with E-state index in [0.717, 1.165) is 25.9 Å². The molecule has 5 nitrogen and oxygen atoms in total. The molecule has 0 aromatic rings. The molecule has 1 rings (SSSR count). The first-order valence-electron chi connectivity index (χ1n) is 6.22. The maximum atomic E-state index is 12.0. The summed E-state index contributed by atoms with van der Waals surface area (Å²) < 4.78 is 0. The molecule has 2 N–H and O–H groups in total. The van der Waals surface area contributed by atoms with Gasteiger partial charge in [-0.3, -0.25) is 9.59 Å². The Bertz CT molecular complexity index is 273. The van der Waals surface area contributed by atoms with Crippen LogP contribution in [0.25, 0.3) is 0 Å². The third-order valence-corrected chi connectivity index (χ3v) is 3.17. The monoisotopic (exact) mass is 242 g/mol. The van der Waals surface area contributed by atoms with Crippen LogP contribution in [0.1, 0.15) is 33.1 Å². The summed E-state index contributed by atoms with van der Waals surface area (Å²) in [6.07, 6.45) is 2.49. The first-order chi connectivity index (χ1) is 8.00. The maximum Gasteiger partial charge on any atom is 0.323 e. The molecule has 0 aromatic heterocycles. The summed E-state index contributed by atoms with van der Waals surface area (Å²) in [6.45, 7) is 5.42. The fourth-order valence-electron chi connectivity index (χ4n) is 2.15. The number of amides is 1. The second kappa shape index (κ2) is 6.59. The van der Waals surface area contributed by atoms with E-state index in [2.05, 4.69) is 5.32 Å². The molecule has 1 amide bonds. The van der Waals surface area contributed by atoms with Crippen LogP contribution in [-0.4, -0.2) is 47.6 Å². The number of nitrogens with zero attached hydrogens (tertiary/aromatic N) is 1. The number of rotatable bonds is 5. The van der Waals surface area contributed by atoms with Gasteiger partial charge < -0.3 is 15.3 Å². The molecular weight excluding hydrogens is 220 g/mol. The van der Waals surface area contributed by atoms with Crippen LogP contribution in [0.15, 0.2) is 0 Å². The number of hydrogen-bond donors (Lipinski definition) is 2. The molecule has 1 saturated heterocycles. The minimum absolute atomic E-state index is 0.0331. The zero-order valence-corrected chi connectivity index (χ0v) is 10.6. The summed E-state index contributed by atoms with van der Waals surface area (Å²) in [6, 6.07) is -0.0553. The van der Waals surface area contributed by atoms with Crippen LogP contribution in [0, 0.1) is 5.92 Å². The Morgan fingerprint density at radius 3 is 2.41 bits per heavy atom. The lowest BCUT2D eigenvalue weighted by Gasteiger charge is -2.28. The zero-order chi connectivity index (χ0) is 12.8. The van der Waals surface area contributed by atoms with Crippen molar-refractivity contribution in [2.45, 2.75) is 39.2 Å². The van der Waals surface area contributed by atoms with Gasteiger partial charge in [-0.1, -0.05) is 0 Å². The predicted octanol–water partition coefficient (Wildman–Crippen LogP) is 0.698. The van der Waals surface area contributed by atoms with Crippen molar-refractivity contribution in [1.29, 1.82) is 0 Å². The van der Waals surface area contributed by atoms with E-state index in [1.807, 2.05) is 13.8 Å². The van der Waals surface area contributed by atoms with E-state index in [9.17, 15) is 9.59 Å². The van der Waals surface area contributed by atoms with Crippen molar-refractivity contribution in [3.63, 3.8) is 0 Å². The summed E-state index contributed by atoms with van der Waals surface area (Å²) in [4.78, 5) is 24.2. The largest absolute Gasteiger partial charge is 0.480 e. The fraction of sp³-hybridized carbons (Fsp3) is 0.833. The molecule has 0 saturated carbocycles. The maximum absolute atomic E-state index is 12.0. The molecular formula is C12H22N2O3. The zero-order valence-electron chi connectivity index (χ0n) is 10.6. The van der Waals surface area contributed by atoms with E-state index < -0.39 is 5.97 Å². The molecule has 0 atom stereocenters. The second-order valence-corrected chi connectivity index (χ2v) is 4.91. The minimum atomic E-state index is -0.947. The number of aliphatic carboxylic acids is 1. The van der Waals surface area contributed by atoms with Crippen molar-refractivity contribution < 1.29 is 14.7 Å². The lowest BCUT2D eigenvalue weighted by atomic mass is 9.94. The highest BCUT2D eigenvalue weighted by Gasteiger charge is 2.23. The summed E-state index contributed by atoms with van der Waals surface area (Å²) in [5, 5.41) is 12.0. The van der Waals surface area contributed by atoms with Crippen molar-refractivity contribution in [1.82, 2.24) is 10.2 Å². The Morgan fingerprint density at radius 2 is 1.94 bits per heavy atom. The summed E-state index contributed by atoms with van der Waals surface area (Å²) in [5.74, 6) is -0.578. The van der Waals surface area contributed by atoms with Crippen molar-refractivity contribution in [3.8, 4) is 0 Å². The van der Waals surface area contributed by atoms with E-state index in [1.54, 1.807) is 0 Å². The predicted molar refractivity (Wildman–Crippen MR) is 64.7 cm³/mol. The highest BCUT2D eigenvalue weighted by atomic mass is 16.4. The Kier molecular flexibility index (Phi) is 5.41. The molecule has 0 aliphatic carbocycles. The molecule has 1 fully saturated rings. The van der Waals surface area contributed by atoms with Crippen LogP contribution in [0.2, 0.25) is 0 Å². The highest BCUT2D eigenvalue weighted by molar-refractivity contribution is 5.81. The number of carboxylic acids is 1. The topological polar surface area (TPSA) is 69.6 Å². The molecule has 0 aromatic carbocycles. The smallest absolute Gasteiger partial charge is 0.323 e. The van der Waals surface area contributed by atoms with Gasteiger partial charge in [-0.25, -0.2) is 0 Å². The van der Waals surface area contributed by atoms with E-state index in [4.69, 9.17) is 5.11 Å². The van der Waals surface area contributed by atoms with Crippen LogP contribution >= 0.6 is 0 Å². The van der Waals surface area contributed by atoms with E-state index in [0.29, 0.717) is 12.3 Å². The van der Waals surface area contributed by atoms with Crippen LogP contribution < -0.4 is 5.32 Å². The number of hydrogen-bond acceptors (Lipinski definition) is 3. The Labute approximate surface area is 102 Å². The van der Waals surface area contributed by atoms with Gasteiger partial charge in [0.25, 0.3) is 0 Å². The number of nitrogens with one attached hydrogen (secondary N) is 1. The number of carbonyl (C=O) groups excluding carboxylic acids is 1. The van der Waals surface area contributed by atoms with Crippen molar-refractivity contribution in [3.05, 3.63) is 0 Å². The van der Waals surface area contributed by atoms with Crippen LogP contribution in [-0.2, 0) is 9.59 Å². The molecule has 17 heavy (non-hydrogen) atoms. The number of carboxylic acid groups (broad SMARTS) is 1. The van der Waals surface area contributed by atoms with Gasteiger partial charge in [0.15, 0.2) is 0 Å². The van der Waals surface area contributed by atoms with Gasteiger partial charge in [-0.05, 0) is 45.7 Å². The normalized spacial score (nSPS) is 17.1. The van der Waals surface area contributed by atoms with Gasteiger partial charge in [0.05, 0.1) is 0 Å². The average molecular weight is 242 g/mol. The Balaban J connectivity index is 2.49. The third-order valence-electron chi connectivity index (χ3n) is 3.17. The van der Waals surface area contributed by atoms with Crippen molar-refractivity contribution in [2.75, 3.05) is 19.6 Å². The van der Waals surface area contributed by atoms with Crippen molar-refractivity contribution >= 4 is 11.9 Å². The molecule has 5 heteroatoms. The van der Waals surface area contributed by atoms with Gasteiger partial charge in [0.2, 0.25) is 5.91 Å². The second-order valence-electron chi connectivity index (χ2n) is 4.91. The first kappa shape index (κ1) is 14.0. The molecule has 0 bridgehead atoms. The molecule has 1 aliphatic rings. The van der Waals surface area contributed by atoms with Gasteiger partial charge >= 0.3 is 5.97 Å². The SMILES string of the molecule is CC(C)N(CC(=O)O)C(=O)CC1CCNCC1. The minimum Gasteiger partial charge on any atom is -0.480 e. The fourth-order valence-corrected chi connectivity index (χ4v) is 2.15. The Morgan fingerprint density at radius 1 is 1.35 bits per heavy atom. The summed E-state index contributed by atoms with van der Waals surface area (Å²) in [5.41, 5.74) is 0. The molecule has 98 valence electrons. The third kappa shape index (κ3) is 4.73. The number of piperidine rings is 1. The molecule has 1 aliphatic heterocycles. The molecule has 0 unspecified atom stereocenters. The van der Waals surface area contributed by atoms with Crippen molar-refractivity contribution in [2.24, 2.45) is 5.92 Å². The summed E-state index contributed by atoms with van der Waals surface area (Å²) >= 11 is 0. The quantitative estimate of drug-likeness (QED) is 0.744. The van der Waals surface area contributed by atoms with Gasteiger partial charge in [0.1, 0.15) is 6.54 Å². The van der Waals surface area contributed by atoms with Crippen LogP contribution in [0.3, 0.4) is 0 Å². The van der Waals surface area contributed by atoms with E-state index >= 15 is 0 Å². The van der Waals surface area contributed by atoms with Crippen LogP contribution in [0.5, 0.6) is 0 Å². The molecule has 0 radical (unpaired) electrons. The van der Waals surface area contributed by atoms with E-state index in [1.165, 1.54) is 4.90 Å². The molecule has 0 spiro atoms.